The molecule has 2 heteroatoms. The monoisotopic (exact) mass is 627 g/mol. The van der Waals surface area contributed by atoms with Gasteiger partial charge in [-0.2, -0.15) is 0 Å². The molecule has 0 bridgehead atoms. The molecule has 9 aromatic rings. The highest BCUT2D eigenvalue weighted by Gasteiger charge is 2.35. The lowest BCUT2D eigenvalue weighted by atomic mass is 9.82. The summed E-state index contributed by atoms with van der Waals surface area (Å²) in [4.78, 5) is 2.42. The second-order valence-electron chi connectivity index (χ2n) is 13.8. The van der Waals surface area contributed by atoms with Gasteiger partial charge in [0, 0.05) is 33.2 Å². The van der Waals surface area contributed by atoms with E-state index in [1.807, 2.05) is 12.1 Å². The molecule has 0 amide bonds. The van der Waals surface area contributed by atoms with Crippen molar-refractivity contribution in [1.82, 2.24) is 0 Å². The van der Waals surface area contributed by atoms with Gasteiger partial charge in [0.2, 0.25) is 0 Å². The molecule has 1 aliphatic rings. The predicted molar refractivity (Wildman–Crippen MR) is 206 cm³/mol. The Balaban J connectivity index is 1.20. The Morgan fingerprint density at radius 1 is 0.429 bits per heavy atom. The van der Waals surface area contributed by atoms with Crippen molar-refractivity contribution >= 4 is 60.5 Å². The van der Waals surface area contributed by atoms with E-state index in [0.717, 1.165) is 33.6 Å². The standard InChI is InChI=1S/C47H33NO/c1-47(2)42-19-7-5-16-39(42)41-29-35(23-25-43(41)47)48(33-14-9-13-31(27-33)37-18-10-12-30-11-3-4-15-36(30)37)34-22-24-38-32(28-34)21-26-45-46(38)40-17-6-8-20-44(40)49-45/h3-29H,1-2H3. The van der Waals surface area contributed by atoms with Gasteiger partial charge in [-0.15, -0.1) is 0 Å². The largest absolute Gasteiger partial charge is 0.456 e. The van der Waals surface area contributed by atoms with Crippen LogP contribution in [0.5, 0.6) is 0 Å². The van der Waals surface area contributed by atoms with Gasteiger partial charge in [0.15, 0.2) is 0 Å². The van der Waals surface area contributed by atoms with E-state index >= 15 is 0 Å². The smallest absolute Gasteiger partial charge is 0.136 e. The van der Waals surface area contributed by atoms with Gasteiger partial charge in [0.25, 0.3) is 0 Å². The number of nitrogens with zero attached hydrogens (tertiary/aromatic N) is 1. The second kappa shape index (κ2) is 10.4. The van der Waals surface area contributed by atoms with E-state index in [-0.39, 0.29) is 5.41 Å². The van der Waals surface area contributed by atoms with Crippen molar-refractivity contribution in [1.29, 1.82) is 0 Å². The van der Waals surface area contributed by atoms with Crippen molar-refractivity contribution < 1.29 is 4.42 Å². The van der Waals surface area contributed by atoms with Crippen LogP contribution in [0, 0.1) is 0 Å². The Morgan fingerprint density at radius 2 is 1.12 bits per heavy atom. The Bertz CT molecular complexity index is 2760. The third-order valence-corrected chi connectivity index (χ3v) is 10.6. The van der Waals surface area contributed by atoms with Crippen LogP contribution in [0.4, 0.5) is 17.1 Å². The van der Waals surface area contributed by atoms with E-state index in [9.17, 15) is 0 Å². The number of para-hydroxylation sites is 1. The molecule has 0 aliphatic heterocycles. The molecule has 0 radical (unpaired) electrons. The van der Waals surface area contributed by atoms with E-state index in [2.05, 4.69) is 170 Å². The minimum Gasteiger partial charge on any atom is -0.456 e. The van der Waals surface area contributed by atoms with Crippen molar-refractivity contribution in [2.75, 3.05) is 4.90 Å². The number of fused-ring (bicyclic) bond motifs is 9. The lowest BCUT2D eigenvalue weighted by Crippen LogP contribution is -2.15. The van der Waals surface area contributed by atoms with Crippen LogP contribution in [0.1, 0.15) is 25.0 Å². The van der Waals surface area contributed by atoms with Crippen LogP contribution in [-0.4, -0.2) is 0 Å². The number of benzene rings is 8. The first-order valence-electron chi connectivity index (χ1n) is 17.0. The highest BCUT2D eigenvalue weighted by Crippen LogP contribution is 2.51. The molecule has 0 unspecified atom stereocenters. The quantitative estimate of drug-likeness (QED) is 0.193. The number of hydrogen-bond donors (Lipinski definition) is 0. The molecule has 1 aliphatic carbocycles. The zero-order valence-electron chi connectivity index (χ0n) is 27.4. The fraction of sp³-hybridized carbons (Fsp3) is 0.0638. The molecule has 49 heavy (non-hydrogen) atoms. The summed E-state index contributed by atoms with van der Waals surface area (Å²) in [6.45, 7) is 4.68. The van der Waals surface area contributed by atoms with Gasteiger partial charge in [-0.1, -0.05) is 129 Å². The maximum Gasteiger partial charge on any atom is 0.136 e. The minimum absolute atomic E-state index is 0.0503. The van der Waals surface area contributed by atoms with Crippen LogP contribution < -0.4 is 4.90 Å². The van der Waals surface area contributed by atoms with E-state index in [4.69, 9.17) is 4.42 Å². The Kier molecular flexibility index (Phi) is 5.95. The number of hydrogen-bond acceptors (Lipinski definition) is 2. The van der Waals surface area contributed by atoms with Gasteiger partial charge in [-0.25, -0.2) is 0 Å². The molecule has 1 aromatic heterocycles. The highest BCUT2D eigenvalue weighted by molar-refractivity contribution is 6.19. The third-order valence-electron chi connectivity index (χ3n) is 10.6. The average molecular weight is 628 g/mol. The molecular weight excluding hydrogens is 595 g/mol. The second-order valence-corrected chi connectivity index (χ2v) is 13.8. The molecule has 0 saturated heterocycles. The van der Waals surface area contributed by atoms with Crippen molar-refractivity contribution in [3.05, 3.63) is 175 Å². The van der Waals surface area contributed by atoms with E-state index in [0.29, 0.717) is 0 Å². The molecule has 1 heterocycles. The fourth-order valence-electron chi connectivity index (χ4n) is 8.26. The molecular formula is C47H33NO. The van der Waals surface area contributed by atoms with Gasteiger partial charge >= 0.3 is 0 Å². The lowest BCUT2D eigenvalue weighted by Gasteiger charge is -2.28. The van der Waals surface area contributed by atoms with Crippen LogP contribution in [0.25, 0.3) is 65.7 Å². The first-order chi connectivity index (χ1) is 24.0. The summed E-state index contributed by atoms with van der Waals surface area (Å²) in [7, 11) is 0. The minimum atomic E-state index is -0.0503. The van der Waals surface area contributed by atoms with E-state index < -0.39 is 0 Å². The Labute approximate surface area is 285 Å². The fourth-order valence-corrected chi connectivity index (χ4v) is 8.26. The normalized spacial score (nSPS) is 13.3. The van der Waals surface area contributed by atoms with Crippen molar-refractivity contribution in [2.24, 2.45) is 0 Å². The maximum atomic E-state index is 6.24. The van der Waals surface area contributed by atoms with Crippen LogP contribution >= 0.6 is 0 Å². The summed E-state index contributed by atoms with van der Waals surface area (Å²) in [6, 6.07) is 59.6. The van der Waals surface area contributed by atoms with Crippen molar-refractivity contribution in [3.63, 3.8) is 0 Å². The van der Waals surface area contributed by atoms with E-state index in [1.54, 1.807) is 0 Å². The molecule has 10 rings (SSSR count). The average Bonchev–Trinajstić information content (AvgIpc) is 3.64. The van der Waals surface area contributed by atoms with Crippen molar-refractivity contribution in [2.45, 2.75) is 19.3 Å². The summed E-state index contributed by atoms with van der Waals surface area (Å²) in [5.41, 5.74) is 13.0. The Morgan fingerprint density at radius 3 is 2.06 bits per heavy atom. The summed E-state index contributed by atoms with van der Waals surface area (Å²) in [5, 5.41) is 7.19. The predicted octanol–water partition coefficient (Wildman–Crippen LogP) is 13.3. The maximum absolute atomic E-state index is 6.24. The summed E-state index contributed by atoms with van der Waals surface area (Å²) >= 11 is 0. The number of anilines is 3. The molecule has 0 N–H and O–H groups in total. The van der Waals surface area contributed by atoms with Crippen LogP contribution in [0.2, 0.25) is 0 Å². The number of rotatable bonds is 4. The molecule has 232 valence electrons. The zero-order chi connectivity index (χ0) is 32.7. The SMILES string of the molecule is CC1(C)c2ccccc2-c2cc(N(c3cccc(-c4cccc5ccccc45)c3)c3ccc4c(ccc5oc6ccccc6c54)c3)ccc21. The van der Waals surface area contributed by atoms with Gasteiger partial charge in [0.1, 0.15) is 11.2 Å². The van der Waals surface area contributed by atoms with Gasteiger partial charge in [-0.05, 0) is 103 Å². The third kappa shape index (κ3) is 4.20. The van der Waals surface area contributed by atoms with Crippen molar-refractivity contribution in [3.8, 4) is 22.3 Å². The molecule has 0 atom stereocenters. The highest BCUT2D eigenvalue weighted by atomic mass is 16.3. The van der Waals surface area contributed by atoms with Crippen LogP contribution in [-0.2, 0) is 5.41 Å². The molecule has 0 spiro atoms. The summed E-state index contributed by atoms with van der Waals surface area (Å²) in [5.74, 6) is 0. The van der Waals surface area contributed by atoms with Gasteiger partial charge in [0.05, 0.1) is 0 Å². The van der Waals surface area contributed by atoms with E-state index in [1.165, 1.54) is 60.3 Å². The topological polar surface area (TPSA) is 16.4 Å². The Hall–Kier alpha value is -6.12. The lowest BCUT2D eigenvalue weighted by molar-refractivity contribution is 0.660. The van der Waals surface area contributed by atoms with Crippen LogP contribution in [0.3, 0.4) is 0 Å². The van der Waals surface area contributed by atoms with Gasteiger partial charge in [-0.3, -0.25) is 0 Å². The summed E-state index contributed by atoms with van der Waals surface area (Å²) < 4.78 is 6.24. The molecule has 2 nitrogen and oxygen atoms in total. The molecule has 0 fully saturated rings. The zero-order valence-corrected chi connectivity index (χ0v) is 27.4. The molecule has 0 saturated carbocycles. The number of furan rings is 1. The first-order valence-corrected chi connectivity index (χ1v) is 17.0. The first kappa shape index (κ1) is 27.9. The van der Waals surface area contributed by atoms with Gasteiger partial charge < -0.3 is 9.32 Å². The molecule has 8 aromatic carbocycles. The van der Waals surface area contributed by atoms with Crippen LogP contribution in [0.15, 0.2) is 168 Å². The summed E-state index contributed by atoms with van der Waals surface area (Å²) in [6.07, 6.45) is 0.